The Morgan fingerprint density at radius 1 is 1.41 bits per heavy atom. The SMILES string of the molecule is C[C@@H](NC(=O)c1cccnc1OCC(F)(F)F)C(=O)N(C)C. The van der Waals surface area contributed by atoms with Crippen molar-refractivity contribution in [2.75, 3.05) is 20.7 Å². The summed E-state index contributed by atoms with van der Waals surface area (Å²) in [4.78, 5) is 28.6. The Morgan fingerprint density at radius 2 is 2.05 bits per heavy atom. The van der Waals surface area contributed by atoms with Gasteiger partial charge in [0.15, 0.2) is 6.61 Å². The van der Waals surface area contributed by atoms with E-state index in [9.17, 15) is 22.8 Å². The molecule has 6 nitrogen and oxygen atoms in total. The van der Waals surface area contributed by atoms with Gasteiger partial charge < -0.3 is 15.0 Å². The molecule has 0 fully saturated rings. The highest BCUT2D eigenvalue weighted by Gasteiger charge is 2.30. The second-order valence-electron chi connectivity index (χ2n) is 4.69. The third kappa shape index (κ3) is 5.23. The van der Waals surface area contributed by atoms with Crippen LogP contribution < -0.4 is 10.1 Å². The molecule has 1 N–H and O–H groups in total. The molecular weight excluding hydrogens is 303 g/mol. The van der Waals surface area contributed by atoms with Crippen molar-refractivity contribution in [3.05, 3.63) is 23.9 Å². The summed E-state index contributed by atoms with van der Waals surface area (Å²) >= 11 is 0. The molecule has 0 aliphatic rings. The van der Waals surface area contributed by atoms with E-state index in [-0.39, 0.29) is 11.5 Å². The molecular formula is C13H16F3N3O3. The number of likely N-dealkylation sites (N-methyl/N-ethyl adjacent to an activating group) is 1. The van der Waals surface area contributed by atoms with Crippen molar-refractivity contribution in [2.45, 2.75) is 19.1 Å². The lowest BCUT2D eigenvalue weighted by Crippen LogP contribution is -2.44. The molecule has 1 heterocycles. The molecule has 9 heteroatoms. The minimum absolute atomic E-state index is 0.176. The summed E-state index contributed by atoms with van der Waals surface area (Å²) in [5.41, 5.74) is -0.176. The van der Waals surface area contributed by atoms with Crippen LogP contribution in [0.5, 0.6) is 5.88 Å². The van der Waals surface area contributed by atoms with Crippen LogP contribution in [0, 0.1) is 0 Å². The minimum Gasteiger partial charge on any atom is -0.467 e. The molecule has 1 aromatic rings. The number of pyridine rings is 1. The van der Waals surface area contributed by atoms with E-state index in [1.807, 2.05) is 0 Å². The van der Waals surface area contributed by atoms with Gasteiger partial charge in [0.25, 0.3) is 5.91 Å². The fourth-order valence-corrected chi connectivity index (χ4v) is 1.55. The van der Waals surface area contributed by atoms with Crippen LogP contribution in [0.4, 0.5) is 13.2 Å². The second kappa shape index (κ2) is 7.10. The quantitative estimate of drug-likeness (QED) is 0.886. The summed E-state index contributed by atoms with van der Waals surface area (Å²) in [6, 6.07) is 1.81. The number of hydrogen-bond acceptors (Lipinski definition) is 4. The molecule has 0 aliphatic heterocycles. The highest BCUT2D eigenvalue weighted by atomic mass is 19.4. The summed E-state index contributed by atoms with van der Waals surface area (Å²) in [5.74, 6) is -1.54. The molecule has 1 aromatic heterocycles. The summed E-state index contributed by atoms with van der Waals surface area (Å²) in [7, 11) is 3.04. The Bertz CT molecular complexity index is 547. The summed E-state index contributed by atoms with van der Waals surface area (Å²) in [5, 5.41) is 2.38. The molecule has 0 saturated heterocycles. The molecule has 1 rings (SSSR count). The first-order chi connectivity index (χ1) is 10.1. The number of carbonyl (C=O) groups is 2. The Kier molecular flexibility index (Phi) is 5.72. The van der Waals surface area contributed by atoms with E-state index in [1.165, 1.54) is 44.2 Å². The van der Waals surface area contributed by atoms with E-state index in [4.69, 9.17) is 0 Å². The van der Waals surface area contributed by atoms with Crippen molar-refractivity contribution < 1.29 is 27.5 Å². The summed E-state index contributed by atoms with van der Waals surface area (Å²) in [6.45, 7) is -0.0939. The van der Waals surface area contributed by atoms with Crippen molar-refractivity contribution in [1.29, 1.82) is 0 Å². The zero-order valence-corrected chi connectivity index (χ0v) is 12.3. The number of aromatic nitrogens is 1. The van der Waals surface area contributed by atoms with Gasteiger partial charge in [0.2, 0.25) is 11.8 Å². The first kappa shape index (κ1) is 17.7. The number of halogens is 3. The number of hydrogen-bond donors (Lipinski definition) is 1. The zero-order valence-electron chi connectivity index (χ0n) is 12.3. The Balaban J connectivity index is 2.83. The van der Waals surface area contributed by atoms with E-state index < -0.39 is 30.6 Å². The van der Waals surface area contributed by atoms with Gasteiger partial charge in [-0.15, -0.1) is 0 Å². The number of nitrogens with one attached hydrogen (secondary N) is 1. The second-order valence-corrected chi connectivity index (χ2v) is 4.69. The number of rotatable bonds is 5. The number of amides is 2. The first-order valence-electron chi connectivity index (χ1n) is 6.28. The predicted molar refractivity (Wildman–Crippen MR) is 71.4 cm³/mol. The molecule has 0 saturated carbocycles. The van der Waals surface area contributed by atoms with E-state index >= 15 is 0 Å². The highest BCUT2D eigenvalue weighted by Crippen LogP contribution is 2.20. The smallest absolute Gasteiger partial charge is 0.422 e. The zero-order chi connectivity index (χ0) is 16.9. The molecule has 0 radical (unpaired) electrons. The third-order valence-electron chi connectivity index (χ3n) is 2.55. The Hall–Kier alpha value is -2.32. The monoisotopic (exact) mass is 319 g/mol. The fraction of sp³-hybridized carbons (Fsp3) is 0.462. The number of carbonyl (C=O) groups excluding carboxylic acids is 2. The van der Waals surface area contributed by atoms with Gasteiger partial charge in [-0.1, -0.05) is 0 Å². The van der Waals surface area contributed by atoms with Gasteiger partial charge in [-0.05, 0) is 19.1 Å². The van der Waals surface area contributed by atoms with Crippen LogP contribution in [0.15, 0.2) is 18.3 Å². The maximum atomic E-state index is 12.2. The lowest BCUT2D eigenvalue weighted by Gasteiger charge is -2.18. The lowest BCUT2D eigenvalue weighted by atomic mass is 10.2. The number of ether oxygens (including phenoxy) is 1. The largest absolute Gasteiger partial charge is 0.467 e. The van der Waals surface area contributed by atoms with Crippen LogP contribution in [0.25, 0.3) is 0 Å². The van der Waals surface area contributed by atoms with E-state index in [1.54, 1.807) is 0 Å². The summed E-state index contributed by atoms with van der Waals surface area (Å²) < 4.78 is 41.0. The van der Waals surface area contributed by atoms with Crippen LogP contribution >= 0.6 is 0 Å². The molecule has 0 aromatic carbocycles. The van der Waals surface area contributed by atoms with Gasteiger partial charge in [0, 0.05) is 20.3 Å². The van der Waals surface area contributed by atoms with Crippen LogP contribution in [0.2, 0.25) is 0 Å². The van der Waals surface area contributed by atoms with Gasteiger partial charge in [0.05, 0.1) is 0 Å². The third-order valence-corrected chi connectivity index (χ3v) is 2.55. The van der Waals surface area contributed by atoms with Crippen LogP contribution in [-0.2, 0) is 4.79 Å². The molecule has 2 amide bonds. The molecule has 0 spiro atoms. The molecule has 0 bridgehead atoms. The maximum absolute atomic E-state index is 12.2. The lowest BCUT2D eigenvalue weighted by molar-refractivity contribution is -0.154. The summed E-state index contributed by atoms with van der Waals surface area (Å²) in [6.07, 6.45) is -3.34. The van der Waals surface area contributed by atoms with E-state index in [2.05, 4.69) is 15.0 Å². The Labute approximate surface area is 125 Å². The molecule has 22 heavy (non-hydrogen) atoms. The van der Waals surface area contributed by atoms with Crippen molar-refractivity contribution in [1.82, 2.24) is 15.2 Å². The number of nitrogens with zero attached hydrogens (tertiary/aromatic N) is 2. The standard InChI is InChI=1S/C13H16F3N3O3/c1-8(12(21)19(2)3)18-10(20)9-5-4-6-17-11(9)22-7-13(14,15)16/h4-6,8H,7H2,1-3H3,(H,18,20)/t8-/m1/s1. The van der Waals surface area contributed by atoms with Gasteiger partial charge in [-0.3, -0.25) is 9.59 Å². The topological polar surface area (TPSA) is 71.5 Å². The molecule has 122 valence electrons. The molecule has 0 unspecified atom stereocenters. The highest BCUT2D eigenvalue weighted by molar-refractivity contribution is 5.99. The van der Waals surface area contributed by atoms with Crippen LogP contribution in [0.1, 0.15) is 17.3 Å². The van der Waals surface area contributed by atoms with Crippen molar-refractivity contribution in [3.8, 4) is 5.88 Å². The minimum atomic E-state index is -4.54. The van der Waals surface area contributed by atoms with Crippen LogP contribution in [0.3, 0.4) is 0 Å². The average Bonchev–Trinajstić information content (AvgIpc) is 2.43. The number of alkyl halides is 3. The van der Waals surface area contributed by atoms with Crippen molar-refractivity contribution >= 4 is 11.8 Å². The normalized spacial score (nSPS) is 12.5. The van der Waals surface area contributed by atoms with Gasteiger partial charge in [-0.25, -0.2) is 4.98 Å². The van der Waals surface area contributed by atoms with Gasteiger partial charge in [-0.2, -0.15) is 13.2 Å². The van der Waals surface area contributed by atoms with E-state index in [0.29, 0.717) is 0 Å². The van der Waals surface area contributed by atoms with Gasteiger partial charge >= 0.3 is 6.18 Å². The molecule has 1 atom stereocenters. The maximum Gasteiger partial charge on any atom is 0.422 e. The van der Waals surface area contributed by atoms with E-state index in [0.717, 1.165) is 0 Å². The predicted octanol–water partition coefficient (Wildman–Crippen LogP) is 1.23. The van der Waals surface area contributed by atoms with Crippen molar-refractivity contribution in [2.24, 2.45) is 0 Å². The fourth-order valence-electron chi connectivity index (χ4n) is 1.55. The van der Waals surface area contributed by atoms with Gasteiger partial charge in [0.1, 0.15) is 11.6 Å². The first-order valence-corrected chi connectivity index (χ1v) is 6.28. The molecule has 0 aliphatic carbocycles. The van der Waals surface area contributed by atoms with Crippen molar-refractivity contribution in [3.63, 3.8) is 0 Å². The van der Waals surface area contributed by atoms with Crippen LogP contribution in [-0.4, -0.2) is 54.6 Å². The average molecular weight is 319 g/mol. The Morgan fingerprint density at radius 3 is 2.59 bits per heavy atom.